The summed E-state index contributed by atoms with van der Waals surface area (Å²) in [6.07, 6.45) is 1.81. The molecular formula is C9H9BrN2O. The molecule has 68 valence electrons. The minimum absolute atomic E-state index is 0.101. The number of H-pyrrole nitrogens is 1. The van der Waals surface area contributed by atoms with Gasteiger partial charge in [0.2, 0.25) is 5.56 Å². The summed E-state index contributed by atoms with van der Waals surface area (Å²) in [6, 6.07) is 3.37. The highest BCUT2D eigenvalue weighted by atomic mass is 79.9. The van der Waals surface area contributed by atoms with E-state index in [2.05, 4.69) is 32.8 Å². The molecule has 0 aliphatic carbocycles. The number of aromatic nitrogens is 1. The third-order valence-corrected chi connectivity index (χ3v) is 3.27. The van der Waals surface area contributed by atoms with Crippen LogP contribution in [-0.2, 0) is 0 Å². The smallest absolute Gasteiger partial charge is 0.249 e. The van der Waals surface area contributed by atoms with Crippen molar-refractivity contribution in [3.05, 3.63) is 28.0 Å². The molecule has 0 bridgehead atoms. The molecule has 1 aromatic rings. The molecule has 0 radical (unpaired) electrons. The van der Waals surface area contributed by atoms with Gasteiger partial charge in [-0.25, -0.2) is 4.99 Å². The van der Waals surface area contributed by atoms with Crippen LogP contribution in [0.1, 0.15) is 18.4 Å². The van der Waals surface area contributed by atoms with Crippen LogP contribution in [0.5, 0.6) is 0 Å². The first kappa shape index (κ1) is 8.69. The van der Waals surface area contributed by atoms with E-state index in [0.29, 0.717) is 11.7 Å². The fraction of sp³-hybridized carbons (Fsp3) is 0.333. The van der Waals surface area contributed by atoms with Crippen LogP contribution < -0.4 is 5.56 Å². The molecule has 1 N–H and O–H groups in total. The first-order valence-electron chi connectivity index (χ1n) is 4.10. The molecule has 2 atom stereocenters. The van der Waals surface area contributed by atoms with Gasteiger partial charge >= 0.3 is 0 Å². The van der Waals surface area contributed by atoms with Gasteiger partial charge in [-0.3, -0.25) is 4.79 Å². The monoisotopic (exact) mass is 240 g/mol. The second-order valence-corrected chi connectivity index (χ2v) is 4.20. The third kappa shape index (κ3) is 1.46. The summed E-state index contributed by atoms with van der Waals surface area (Å²) in [4.78, 5) is 18.1. The van der Waals surface area contributed by atoms with Crippen molar-refractivity contribution in [2.75, 3.05) is 0 Å². The molecule has 2 heterocycles. The Kier molecular flexibility index (Phi) is 2.07. The molecule has 1 aliphatic heterocycles. The summed E-state index contributed by atoms with van der Waals surface area (Å²) in [6.45, 7) is 2.10. The van der Waals surface area contributed by atoms with Crippen molar-refractivity contribution in [3.63, 3.8) is 0 Å². The fourth-order valence-electron chi connectivity index (χ4n) is 1.40. The van der Waals surface area contributed by atoms with Crippen LogP contribution in [-0.4, -0.2) is 16.0 Å². The lowest BCUT2D eigenvalue weighted by Crippen LogP contribution is -2.17. The van der Waals surface area contributed by atoms with E-state index in [1.165, 1.54) is 6.07 Å². The second-order valence-electron chi connectivity index (χ2n) is 3.14. The lowest BCUT2D eigenvalue weighted by atomic mass is 9.97. The first-order chi connectivity index (χ1) is 6.18. The van der Waals surface area contributed by atoms with Crippen LogP contribution in [0.3, 0.4) is 0 Å². The zero-order chi connectivity index (χ0) is 9.42. The topological polar surface area (TPSA) is 45.2 Å². The molecule has 2 unspecified atom stereocenters. The number of alkyl halides is 1. The van der Waals surface area contributed by atoms with E-state index in [9.17, 15) is 4.79 Å². The number of hydrogen-bond acceptors (Lipinski definition) is 2. The van der Waals surface area contributed by atoms with Crippen molar-refractivity contribution < 1.29 is 0 Å². The standard InChI is InChI=1S/C9H9BrN2O/c1-5-6-2-3-8(13)12-9(6)11-4-7(5)10/h2-5,7H,1H3,(H,12,13). The predicted molar refractivity (Wildman–Crippen MR) is 56.3 cm³/mol. The Balaban J connectivity index is 2.59. The minimum atomic E-state index is -0.101. The maximum absolute atomic E-state index is 11.0. The van der Waals surface area contributed by atoms with Gasteiger partial charge in [-0.2, -0.15) is 0 Å². The second kappa shape index (κ2) is 3.10. The molecule has 0 fully saturated rings. The van der Waals surface area contributed by atoms with Gasteiger partial charge < -0.3 is 4.98 Å². The molecule has 13 heavy (non-hydrogen) atoms. The number of nitrogens with one attached hydrogen (secondary N) is 1. The molecule has 0 amide bonds. The molecule has 0 spiro atoms. The Labute approximate surface area is 84.0 Å². The highest BCUT2D eigenvalue weighted by Crippen LogP contribution is 2.32. The average molecular weight is 241 g/mol. The van der Waals surface area contributed by atoms with E-state index in [1.54, 1.807) is 0 Å². The molecular weight excluding hydrogens is 232 g/mol. The molecule has 0 saturated carbocycles. The summed E-state index contributed by atoms with van der Waals surface area (Å²) in [5, 5.41) is 0. The van der Waals surface area contributed by atoms with E-state index < -0.39 is 0 Å². The van der Waals surface area contributed by atoms with Crippen LogP contribution in [0.25, 0.3) is 0 Å². The zero-order valence-electron chi connectivity index (χ0n) is 7.12. The highest BCUT2D eigenvalue weighted by Gasteiger charge is 2.21. The normalized spacial score (nSPS) is 25.7. The molecule has 1 aliphatic rings. The lowest BCUT2D eigenvalue weighted by molar-refractivity contribution is 0.813. The van der Waals surface area contributed by atoms with Crippen molar-refractivity contribution in [3.8, 4) is 0 Å². The number of pyridine rings is 1. The van der Waals surface area contributed by atoms with E-state index in [1.807, 2.05) is 12.3 Å². The molecule has 0 aromatic carbocycles. The van der Waals surface area contributed by atoms with Crippen molar-refractivity contribution in [2.45, 2.75) is 17.7 Å². The summed E-state index contributed by atoms with van der Waals surface area (Å²) < 4.78 is 0. The Morgan fingerprint density at radius 3 is 3.08 bits per heavy atom. The van der Waals surface area contributed by atoms with Crippen molar-refractivity contribution >= 4 is 28.0 Å². The van der Waals surface area contributed by atoms with Crippen LogP contribution >= 0.6 is 15.9 Å². The van der Waals surface area contributed by atoms with Crippen molar-refractivity contribution in [1.82, 2.24) is 4.98 Å². The highest BCUT2D eigenvalue weighted by molar-refractivity contribution is 9.10. The van der Waals surface area contributed by atoms with E-state index >= 15 is 0 Å². The van der Waals surface area contributed by atoms with Gasteiger partial charge in [-0.1, -0.05) is 22.9 Å². The number of fused-ring (bicyclic) bond motifs is 1. The Hall–Kier alpha value is -0.900. The Morgan fingerprint density at radius 1 is 1.54 bits per heavy atom. The number of nitrogens with zero attached hydrogens (tertiary/aromatic N) is 1. The summed E-state index contributed by atoms with van der Waals surface area (Å²) in [5.74, 6) is 1.04. The van der Waals surface area contributed by atoms with Crippen LogP contribution in [0.4, 0.5) is 5.82 Å². The van der Waals surface area contributed by atoms with E-state index in [4.69, 9.17) is 0 Å². The van der Waals surface area contributed by atoms with Gasteiger partial charge in [0.15, 0.2) is 0 Å². The van der Waals surface area contributed by atoms with Gasteiger partial charge in [0.1, 0.15) is 5.82 Å². The SMILES string of the molecule is CC1c2ccc(=O)[nH]c2N=CC1Br. The number of rotatable bonds is 0. The summed E-state index contributed by atoms with van der Waals surface area (Å²) >= 11 is 3.50. The molecule has 0 saturated heterocycles. The van der Waals surface area contributed by atoms with Gasteiger partial charge in [0, 0.05) is 18.2 Å². The fourth-order valence-corrected chi connectivity index (χ4v) is 1.80. The molecule has 2 rings (SSSR count). The minimum Gasteiger partial charge on any atom is -0.307 e. The number of aromatic amines is 1. The summed E-state index contributed by atoms with van der Waals surface area (Å²) in [7, 11) is 0. The lowest BCUT2D eigenvalue weighted by Gasteiger charge is -2.20. The third-order valence-electron chi connectivity index (χ3n) is 2.24. The number of aliphatic imine (C=N–C) groups is 1. The Bertz CT molecular complexity index is 410. The average Bonchev–Trinajstić information content (AvgIpc) is 2.12. The maximum Gasteiger partial charge on any atom is 0.249 e. The van der Waals surface area contributed by atoms with Crippen molar-refractivity contribution in [2.24, 2.45) is 4.99 Å². The van der Waals surface area contributed by atoms with Gasteiger partial charge in [0.25, 0.3) is 0 Å². The number of halogens is 1. The molecule has 1 aromatic heterocycles. The van der Waals surface area contributed by atoms with Crippen LogP contribution in [0.2, 0.25) is 0 Å². The quantitative estimate of drug-likeness (QED) is 0.693. The van der Waals surface area contributed by atoms with Crippen LogP contribution in [0, 0.1) is 0 Å². The Morgan fingerprint density at radius 2 is 2.31 bits per heavy atom. The van der Waals surface area contributed by atoms with Crippen LogP contribution in [0.15, 0.2) is 21.9 Å². The van der Waals surface area contributed by atoms with Crippen molar-refractivity contribution in [1.29, 1.82) is 0 Å². The maximum atomic E-state index is 11.0. The largest absolute Gasteiger partial charge is 0.307 e. The van der Waals surface area contributed by atoms with Gasteiger partial charge in [0.05, 0.1) is 4.83 Å². The number of hydrogen-bond donors (Lipinski definition) is 1. The van der Waals surface area contributed by atoms with E-state index in [-0.39, 0.29) is 10.4 Å². The molecule has 4 heteroatoms. The molecule has 3 nitrogen and oxygen atoms in total. The van der Waals surface area contributed by atoms with E-state index in [0.717, 1.165) is 5.56 Å². The zero-order valence-corrected chi connectivity index (χ0v) is 8.71. The van der Waals surface area contributed by atoms with Gasteiger partial charge in [-0.15, -0.1) is 0 Å². The summed E-state index contributed by atoms with van der Waals surface area (Å²) in [5.41, 5.74) is 0.986. The predicted octanol–water partition coefficient (Wildman–Crippen LogP) is 1.96. The first-order valence-corrected chi connectivity index (χ1v) is 5.01. The van der Waals surface area contributed by atoms with Gasteiger partial charge in [-0.05, 0) is 11.6 Å².